The van der Waals surface area contributed by atoms with Crippen molar-refractivity contribution < 1.29 is 17.6 Å². The van der Waals surface area contributed by atoms with Crippen LogP contribution in [0.15, 0.2) is 51.8 Å². The fraction of sp³-hybridized carbons (Fsp3) is 0.263. The Balaban J connectivity index is 2.01. The molecular weight excluding hydrogens is 369 g/mol. The van der Waals surface area contributed by atoms with Gasteiger partial charge in [-0.25, -0.2) is 4.39 Å². The average molecular weight is 389 g/mol. The van der Waals surface area contributed by atoms with Crippen LogP contribution in [0.1, 0.15) is 30.6 Å². The molecule has 0 bridgehead atoms. The van der Waals surface area contributed by atoms with E-state index in [2.05, 4.69) is 4.40 Å². The molecule has 6 nitrogen and oxygen atoms in total. The molecule has 3 rings (SSSR count). The number of rotatable bonds is 4. The Hall–Kier alpha value is -2.74. The smallest absolute Gasteiger partial charge is 0.286 e. The first kappa shape index (κ1) is 19.0. The van der Waals surface area contributed by atoms with Gasteiger partial charge in [0.05, 0.1) is 5.69 Å². The van der Waals surface area contributed by atoms with Crippen LogP contribution in [0.3, 0.4) is 0 Å². The van der Waals surface area contributed by atoms with Gasteiger partial charge in [0.15, 0.2) is 0 Å². The van der Waals surface area contributed by atoms with Crippen molar-refractivity contribution in [2.24, 2.45) is 4.40 Å². The lowest BCUT2D eigenvalue weighted by atomic mass is 10.1. The summed E-state index contributed by atoms with van der Waals surface area (Å²) in [5, 5.41) is 0. The minimum absolute atomic E-state index is 0.0138. The topological polar surface area (TPSA) is 70.0 Å². The Morgan fingerprint density at radius 2 is 1.85 bits per heavy atom. The number of nitrogens with zero attached hydrogens (tertiary/aromatic N) is 3. The molecule has 0 aromatic heterocycles. The summed E-state index contributed by atoms with van der Waals surface area (Å²) < 4.78 is 41.9. The number of amidine groups is 1. The van der Waals surface area contributed by atoms with Gasteiger partial charge in [-0.2, -0.15) is 8.42 Å². The monoisotopic (exact) mass is 389 g/mol. The van der Waals surface area contributed by atoms with Crippen molar-refractivity contribution in [2.75, 3.05) is 23.4 Å². The first-order valence-corrected chi connectivity index (χ1v) is 9.95. The van der Waals surface area contributed by atoms with Gasteiger partial charge in [0.1, 0.15) is 16.5 Å². The molecule has 2 aromatic carbocycles. The normalized spacial score (nSPS) is 15.1. The number of carbonyl (C=O) groups is 1. The molecule has 0 saturated heterocycles. The Bertz CT molecular complexity index is 1020. The van der Waals surface area contributed by atoms with E-state index in [1.165, 1.54) is 35.2 Å². The molecular formula is C19H20FN3O3S. The van der Waals surface area contributed by atoms with E-state index in [-0.39, 0.29) is 10.5 Å². The maximum Gasteiger partial charge on any atom is 0.286 e. The fourth-order valence-corrected chi connectivity index (χ4v) is 4.27. The van der Waals surface area contributed by atoms with Crippen LogP contribution in [-0.4, -0.2) is 33.8 Å². The fourth-order valence-electron chi connectivity index (χ4n) is 3.00. The van der Waals surface area contributed by atoms with E-state index in [9.17, 15) is 17.6 Å². The number of carbonyl (C=O) groups excluding carboxylic acids is 1. The molecule has 1 heterocycles. The van der Waals surface area contributed by atoms with Crippen molar-refractivity contribution in [2.45, 2.75) is 25.2 Å². The summed E-state index contributed by atoms with van der Waals surface area (Å²) in [4.78, 5) is 16.0. The van der Waals surface area contributed by atoms with Crippen LogP contribution in [0, 0.1) is 5.82 Å². The van der Waals surface area contributed by atoms with Crippen molar-refractivity contribution in [3.63, 3.8) is 0 Å². The summed E-state index contributed by atoms with van der Waals surface area (Å²) >= 11 is 0. The number of hydrogen-bond acceptors (Lipinski definition) is 4. The van der Waals surface area contributed by atoms with Crippen LogP contribution in [-0.2, 0) is 10.0 Å². The minimum atomic E-state index is -3.87. The van der Waals surface area contributed by atoms with E-state index < -0.39 is 21.7 Å². The van der Waals surface area contributed by atoms with Gasteiger partial charge in [-0.3, -0.25) is 4.79 Å². The molecule has 0 spiro atoms. The Kier molecular flexibility index (Phi) is 5.01. The molecule has 0 fully saturated rings. The number of fused-ring (bicyclic) bond motifs is 1. The summed E-state index contributed by atoms with van der Waals surface area (Å²) in [7, 11) is -2.32. The molecule has 0 N–H and O–H groups in total. The molecule has 0 radical (unpaired) electrons. The first-order valence-electron chi connectivity index (χ1n) is 8.51. The highest BCUT2D eigenvalue weighted by Gasteiger charge is 2.30. The van der Waals surface area contributed by atoms with Gasteiger partial charge in [0, 0.05) is 24.8 Å². The highest BCUT2D eigenvalue weighted by molar-refractivity contribution is 7.90. The summed E-state index contributed by atoms with van der Waals surface area (Å²) in [6.45, 7) is 4.27. The van der Waals surface area contributed by atoms with E-state index in [0.29, 0.717) is 23.8 Å². The third-order valence-corrected chi connectivity index (χ3v) is 5.77. The number of anilines is 2. The van der Waals surface area contributed by atoms with E-state index in [0.717, 1.165) is 6.42 Å². The zero-order chi connectivity index (χ0) is 19.8. The summed E-state index contributed by atoms with van der Waals surface area (Å²) in [5.74, 6) is -0.386. The molecule has 0 saturated carbocycles. The highest BCUT2D eigenvalue weighted by atomic mass is 32.2. The quantitative estimate of drug-likeness (QED) is 0.803. The van der Waals surface area contributed by atoms with Gasteiger partial charge >= 0.3 is 0 Å². The van der Waals surface area contributed by atoms with E-state index >= 15 is 0 Å². The molecule has 8 heteroatoms. The molecule has 27 heavy (non-hydrogen) atoms. The number of amides is 1. The molecule has 0 unspecified atom stereocenters. The summed E-state index contributed by atoms with van der Waals surface area (Å²) in [6.07, 6.45) is 0.820. The van der Waals surface area contributed by atoms with E-state index in [4.69, 9.17) is 0 Å². The van der Waals surface area contributed by atoms with Crippen LogP contribution in [0.5, 0.6) is 0 Å². The average Bonchev–Trinajstić information content (AvgIpc) is 2.64. The molecule has 1 aliphatic rings. The number of halogens is 1. The second-order valence-electron chi connectivity index (χ2n) is 6.29. The van der Waals surface area contributed by atoms with Gasteiger partial charge in [0.25, 0.3) is 15.9 Å². The van der Waals surface area contributed by atoms with Gasteiger partial charge in [0.2, 0.25) is 0 Å². The molecule has 0 aliphatic carbocycles. The van der Waals surface area contributed by atoms with Crippen molar-refractivity contribution >= 4 is 33.1 Å². The Morgan fingerprint density at radius 1 is 1.19 bits per heavy atom. The SMILES string of the molecule is CCCN1C(C)=NS(=O)(=O)c2cc(C(=O)N(C)c3ccc(F)cc3)ccc21. The number of benzene rings is 2. The molecule has 0 atom stereocenters. The minimum Gasteiger partial charge on any atom is -0.328 e. The van der Waals surface area contributed by atoms with Gasteiger partial charge in [-0.05, 0) is 55.8 Å². The molecule has 1 amide bonds. The van der Waals surface area contributed by atoms with Gasteiger partial charge < -0.3 is 9.80 Å². The van der Waals surface area contributed by atoms with Gasteiger partial charge in [-0.1, -0.05) is 6.92 Å². The largest absolute Gasteiger partial charge is 0.328 e. The Morgan fingerprint density at radius 3 is 2.48 bits per heavy atom. The van der Waals surface area contributed by atoms with Crippen LogP contribution in [0.25, 0.3) is 0 Å². The third kappa shape index (κ3) is 3.57. The zero-order valence-corrected chi connectivity index (χ0v) is 16.1. The predicted octanol–water partition coefficient (Wildman–Crippen LogP) is 3.44. The lowest BCUT2D eigenvalue weighted by molar-refractivity contribution is 0.0993. The zero-order valence-electron chi connectivity index (χ0n) is 15.3. The lowest BCUT2D eigenvalue weighted by Gasteiger charge is -2.29. The molecule has 2 aromatic rings. The summed E-state index contributed by atoms with van der Waals surface area (Å²) in [6, 6.07) is 10.1. The van der Waals surface area contributed by atoms with Crippen LogP contribution < -0.4 is 9.80 Å². The number of sulfonamides is 1. The molecule has 142 valence electrons. The Labute approximate surface area is 158 Å². The lowest BCUT2D eigenvalue weighted by Crippen LogP contribution is -2.35. The first-order chi connectivity index (χ1) is 12.7. The van der Waals surface area contributed by atoms with Crippen molar-refractivity contribution in [3.8, 4) is 0 Å². The van der Waals surface area contributed by atoms with E-state index in [1.807, 2.05) is 11.8 Å². The molecule has 1 aliphatic heterocycles. The second-order valence-corrected chi connectivity index (χ2v) is 7.86. The maximum atomic E-state index is 13.1. The van der Waals surface area contributed by atoms with Crippen LogP contribution in [0.4, 0.5) is 15.8 Å². The third-order valence-electron chi connectivity index (χ3n) is 4.38. The number of hydrogen-bond donors (Lipinski definition) is 0. The van der Waals surface area contributed by atoms with Gasteiger partial charge in [-0.15, -0.1) is 4.40 Å². The standard InChI is InChI=1S/C19H20FN3O3S/c1-4-11-23-13(2)21-27(25,26)18-12-14(5-10-17(18)23)19(24)22(3)16-8-6-15(20)7-9-16/h5-10,12H,4,11H2,1-3H3. The van der Waals surface area contributed by atoms with Crippen molar-refractivity contribution in [1.82, 2.24) is 0 Å². The summed E-state index contributed by atoms with van der Waals surface area (Å²) in [5.41, 5.74) is 1.24. The van der Waals surface area contributed by atoms with Crippen molar-refractivity contribution in [1.29, 1.82) is 0 Å². The van der Waals surface area contributed by atoms with E-state index in [1.54, 1.807) is 26.1 Å². The maximum absolute atomic E-state index is 13.1. The second kappa shape index (κ2) is 7.11. The predicted molar refractivity (Wildman–Crippen MR) is 104 cm³/mol. The van der Waals surface area contributed by atoms with Crippen LogP contribution in [0.2, 0.25) is 0 Å². The van der Waals surface area contributed by atoms with Crippen LogP contribution >= 0.6 is 0 Å². The van der Waals surface area contributed by atoms with Crippen molar-refractivity contribution in [3.05, 3.63) is 53.8 Å². The highest BCUT2D eigenvalue weighted by Crippen LogP contribution is 2.33.